The lowest BCUT2D eigenvalue weighted by molar-refractivity contribution is 0.330. The van der Waals surface area contributed by atoms with E-state index in [9.17, 15) is 9.59 Å². The molecule has 1 aliphatic rings. The summed E-state index contributed by atoms with van der Waals surface area (Å²) in [7, 11) is 0. The maximum absolute atomic E-state index is 12.6. The van der Waals surface area contributed by atoms with Gasteiger partial charge >= 0.3 is 5.69 Å². The number of nitrogens with one attached hydrogen (secondary N) is 2. The zero-order valence-corrected chi connectivity index (χ0v) is 13.1. The summed E-state index contributed by atoms with van der Waals surface area (Å²) in [6.07, 6.45) is 4.17. The second-order valence-electron chi connectivity index (χ2n) is 5.76. The Morgan fingerprint density at radius 1 is 1.43 bits per heavy atom. The third-order valence-electron chi connectivity index (χ3n) is 4.06. The van der Waals surface area contributed by atoms with Gasteiger partial charge in [-0.25, -0.2) is 4.79 Å². The van der Waals surface area contributed by atoms with Gasteiger partial charge in [-0.3, -0.25) is 14.3 Å². The van der Waals surface area contributed by atoms with Crippen molar-refractivity contribution >= 4 is 21.6 Å². The predicted octanol–water partition coefficient (Wildman–Crippen LogP) is 1.70. The molecule has 2 aromatic rings. The fourth-order valence-electron chi connectivity index (χ4n) is 2.97. The van der Waals surface area contributed by atoms with Crippen molar-refractivity contribution < 1.29 is 0 Å². The van der Waals surface area contributed by atoms with E-state index in [1.54, 1.807) is 0 Å². The van der Waals surface area contributed by atoms with E-state index in [-0.39, 0.29) is 11.2 Å². The Labute approximate surface area is 127 Å². The van der Waals surface area contributed by atoms with Crippen molar-refractivity contribution in [3.63, 3.8) is 0 Å². The minimum Gasteiger partial charge on any atom is -0.316 e. The van der Waals surface area contributed by atoms with Crippen molar-refractivity contribution in [3.8, 4) is 0 Å². The highest BCUT2D eigenvalue weighted by atomic mass is 32.1. The molecule has 0 aliphatic carbocycles. The van der Waals surface area contributed by atoms with E-state index in [0.29, 0.717) is 22.7 Å². The van der Waals surface area contributed by atoms with Crippen molar-refractivity contribution in [1.29, 1.82) is 0 Å². The molecule has 0 spiro atoms. The molecule has 1 atom stereocenters. The van der Waals surface area contributed by atoms with Gasteiger partial charge in [-0.05, 0) is 44.3 Å². The summed E-state index contributed by atoms with van der Waals surface area (Å²) in [5, 5.41) is 3.99. The van der Waals surface area contributed by atoms with Crippen LogP contribution < -0.4 is 16.6 Å². The molecule has 1 aliphatic heterocycles. The number of aromatic amines is 1. The Balaban J connectivity index is 1.98. The molecule has 3 heterocycles. The molecule has 0 aromatic carbocycles. The van der Waals surface area contributed by atoms with Crippen LogP contribution in [-0.4, -0.2) is 22.6 Å². The SMILES string of the molecule is CCCc1cc2c(=O)n(CC3CCCNC3)c(=O)[nH]c2s1. The standard InChI is InChI=1S/C15H21N3O2S/c1-2-4-11-7-12-13(21-11)17-15(20)18(14(12)19)9-10-5-3-6-16-8-10/h7,10,16H,2-6,8-9H2,1H3,(H,17,20). The van der Waals surface area contributed by atoms with Crippen molar-refractivity contribution in [2.24, 2.45) is 5.92 Å². The lowest BCUT2D eigenvalue weighted by atomic mass is 10.00. The van der Waals surface area contributed by atoms with Gasteiger partial charge in [-0.1, -0.05) is 13.3 Å². The Bertz CT molecular complexity index is 737. The molecule has 6 heteroatoms. The van der Waals surface area contributed by atoms with Crippen LogP contribution in [0.15, 0.2) is 15.7 Å². The van der Waals surface area contributed by atoms with E-state index < -0.39 is 0 Å². The van der Waals surface area contributed by atoms with E-state index in [1.165, 1.54) is 15.9 Å². The van der Waals surface area contributed by atoms with Crippen molar-refractivity contribution in [1.82, 2.24) is 14.9 Å². The van der Waals surface area contributed by atoms with Crippen LogP contribution in [0.25, 0.3) is 10.2 Å². The summed E-state index contributed by atoms with van der Waals surface area (Å²) >= 11 is 1.52. The fourth-order valence-corrected chi connectivity index (χ4v) is 4.11. The van der Waals surface area contributed by atoms with Gasteiger partial charge in [-0.2, -0.15) is 0 Å². The lowest BCUT2D eigenvalue weighted by Gasteiger charge is -2.22. The molecule has 0 bridgehead atoms. The van der Waals surface area contributed by atoms with Crippen LogP contribution in [0.2, 0.25) is 0 Å². The molecular weight excluding hydrogens is 286 g/mol. The highest BCUT2D eigenvalue weighted by Gasteiger charge is 2.17. The number of aryl methyl sites for hydroxylation is 1. The van der Waals surface area contributed by atoms with Gasteiger partial charge < -0.3 is 5.32 Å². The summed E-state index contributed by atoms with van der Waals surface area (Å²) in [6, 6.07) is 1.94. The highest BCUT2D eigenvalue weighted by molar-refractivity contribution is 7.18. The third-order valence-corrected chi connectivity index (χ3v) is 5.17. The number of aromatic nitrogens is 2. The first-order chi connectivity index (χ1) is 10.2. The van der Waals surface area contributed by atoms with Crippen LogP contribution in [0.4, 0.5) is 0 Å². The summed E-state index contributed by atoms with van der Waals surface area (Å²) in [5.74, 6) is 0.365. The fraction of sp³-hybridized carbons (Fsp3) is 0.600. The minimum atomic E-state index is -0.275. The Hall–Kier alpha value is -1.40. The number of hydrogen-bond acceptors (Lipinski definition) is 4. The molecule has 2 aromatic heterocycles. The summed E-state index contributed by atoms with van der Waals surface area (Å²) in [5.41, 5.74) is -0.416. The number of rotatable bonds is 4. The molecule has 0 saturated carbocycles. The third kappa shape index (κ3) is 2.96. The predicted molar refractivity (Wildman–Crippen MR) is 86.3 cm³/mol. The Morgan fingerprint density at radius 2 is 2.29 bits per heavy atom. The highest BCUT2D eigenvalue weighted by Crippen LogP contribution is 2.21. The molecule has 0 radical (unpaired) electrons. The number of nitrogens with zero attached hydrogens (tertiary/aromatic N) is 1. The van der Waals surface area contributed by atoms with Crippen LogP contribution in [0.5, 0.6) is 0 Å². The average Bonchev–Trinajstić information content (AvgIpc) is 2.88. The molecule has 21 heavy (non-hydrogen) atoms. The Morgan fingerprint density at radius 3 is 3.00 bits per heavy atom. The normalized spacial score (nSPS) is 19.2. The largest absolute Gasteiger partial charge is 0.329 e. The number of piperidine rings is 1. The number of fused-ring (bicyclic) bond motifs is 1. The first-order valence-corrected chi connectivity index (χ1v) is 8.47. The van der Waals surface area contributed by atoms with E-state index in [2.05, 4.69) is 17.2 Å². The minimum absolute atomic E-state index is 0.141. The summed E-state index contributed by atoms with van der Waals surface area (Å²) in [4.78, 5) is 29.5. The topological polar surface area (TPSA) is 66.9 Å². The molecule has 5 nitrogen and oxygen atoms in total. The van der Waals surface area contributed by atoms with Gasteiger partial charge in [0.1, 0.15) is 4.83 Å². The first-order valence-electron chi connectivity index (χ1n) is 7.65. The van der Waals surface area contributed by atoms with Gasteiger partial charge in [0.05, 0.1) is 5.39 Å². The van der Waals surface area contributed by atoms with Gasteiger partial charge in [0.2, 0.25) is 0 Å². The molecule has 2 N–H and O–H groups in total. The van der Waals surface area contributed by atoms with E-state index in [0.717, 1.165) is 43.6 Å². The number of thiophene rings is 1. The summed E-state index contributed by atoms with van der Waals surface area (Å²) < 4.78 is 1.38. The molecule has 1 fully saturated rings. The lowest BCUT2D eigenvalue weighted by Crippen LogP contribution is -2.40. The molecule has 0 amide bonds. The van der Waals surface area contributed by atoms with Gasteiger partial charge in [-0.15, -0.1) is 11.3 Å². The maximum Gasteiger partial charge on any atom is 0.329 e. The molecule has 114 valence electrons. The zero-order valence-electron chi connectivity index (χ0n) is 12.3. The molecule has 1 unspecified atom stereocenters. The second-order valence-corrected chi connectivity index (χ2v) is 6.90. The average molecular weight is 307 g/mol. The van der Waals surface area contributed by atoms with Gasteiger partial charge in [0, 0.05) is 11.4 Å². The second kappa shape index (κ2) is 6.15. The van der Waals surface area contributed by atoms with Crippen molar-refractivity contribution in [3.05, 3.63) is 31.8 Å². The zero-order chi connectivity index (χ0) is 14.8. The molecule has 3 rings (SSSR count). The van der Waals surface area contributed by atoms with Gasteiger partial charge in [0.15, 0.2) is 0 Å². The van der Waals surface area contributed by atoms with Gasteiger partial charge in [0.25, 0.3) is 5.56 Å². The quantitative estimate of drug-likeness (QED) is 0.903. The number of H-pyrrole nitrogens is 1. The maximum atomic E-state index is 12.6. The van der Waals surface area contributed by atoms with Crippen LogP contribution >= 0.6 is 11.3 Å². The molecule has 1 saturated heterocycles. The number of hydrogen-bond donors (Lipinski definition) is 2. The van der Waals surface area contributed by atoms with Crippen LogP contribution in [-0.2, 0) is 13.0 Å². The van der Waals surface area contributed by atoms with E-state index >= 15 is 0 Å². The molecular formula is C15H21N3O2S. The van der Waals surface area contributed by atoms with Crippen LogP contribution in [0, 0.1) is 5.92 Å². The van der Waals surface area contributed by atoms with E-state index in [1.807, 2.05) is 6.07 Å². The Kier molecular flexibility index (Phi) is 4.26. The van der Waals surface area contributed by atoms with E-state index in [4.69, 9.17) is 0 Å². The van der Waals surface area contributed by atoms with Crippen LogP contribution in [0.3, 0.4) is 0 Å². The smallest absolute Gasteiger partial charge is 0.316 e. The first kappa shape index (κ1) is 14.5. The summed E-state index contributed by atoms with van der Waals surface area (Å²) in [6.45, 7) is 4.54. The van der Waals surface area contributed by atoms with Crippen molar-refractivity contribution in [2.75, 3.05) is 13.1 Å². The van der Waals surface area contributed by atoms with Crippen LogP contribution in [0.1, 0.15) is 31.1 Å². The monoisotopic (exact) mass is 307 g/mol. The van der Waals surface area contributed by atoms with Crippen molar-refractivity contribution in [2.45, 2.75) is 39.2 Å².